The van der Waals surface area contributed by atoms with E-state index in [1.807, 2.05) is 71.8 Å². The fourth-order valence-corrected chi connectivity index (χ4v) is 3.71. The van der Waals surface area contributed by atoms with Gasteiger partial charge in [-0.25, -0.2) is 19.7 Å². The standard InChI is InChI=1S/C23H19N5O3/c1-27-19-9-5-3-7-15(19)25-22(27)17-11-14(31-13-21(29)30)12-18(24-17)23-26-16-8-4-6-10-20(16)28(23)2/h3-12H,13H2,1-2H3,(H,29,30). The molecule has 8 heteroatoms. The van der Waals surface area contributed by atoms with Crippen LogP contribution in [0.3, 0.4) is 0 Å². The molecule has 0 spiro atoms. The molecule has 0 atom stereocenters. The van der Waals surface area contributed by atoms with Crippen LogP contribution in [-0.4, -0.2) is 41.8 Å². The zero-order valence-electron chi connectivity index (χ0n) is 17.0. The Hall–Kier alpha value is -4.20. The van der Waals surface area contributed by atoms with Crippen molar-refractivity contribution in [3.05, 3.63) is 60.7 Å². The maximum absolute atomic E-state index is 11.1. The van der Waals surface area contributed by atoms with Crippen molar-refractivity contribution < 1.29 is 14.6 Å². The number of aryl methyl sites for hydroxylation is 2. The van der Waals surface area contributed by atoms with E-state index in [0.29, 0.717) is 28.8 Å². The fourth-order valence-electron chi connectivity index (χ4n) is 3.71. The van der Waals surface area contributed by atoms with Gasteiger partial charge < -0.3 is 19.0 Å². The summed E-state index contributed by atoms with van der Waals surface area (Å²) in [6, 6.07) is 19.1. The summed E-state index contributed by atoms with van der Waals surface area (Å²) in [6.45, 7) is -0.450. The van der Waals surface area contributed by atoms with Gasteiger partial charge in [0.25, 0.3) is 0 Å². The molecule has 3 heterocycles. The van der Waals surface area contributed by atoms with Crippen molar-refractivity contribution in [3.63, 3.8) is 0 Å². The molecule has 5 rings (SSSR count). The van der Waals surface area contributed by atoms with Gasteiger partial charge in [-0.3, -0.25) is 0 Å². The number of ether oxygens (including phenoxy) is 1. The molecule has 8 nitrogen and oxygen atoms in total. The van der Waals surface area contributed by atoms with Crippen LogP contribution in [0.2, 0.25) is 0 Å². The Labute approximate surface area is 177 Å². The van der Waals surface area contributed by atoms with Crippen LogP contribution >= 0.6 is 0 Å². The number of imidazole rings is 2. The molecule has 154 valence electrons. The Morgan fingerprint density at radius 2 is 1.32 bits per heavy atom. The average Bonchev–Trinajstić information content (AvgIpc) is 3.30. The summed E-state index contributed by atoms with van der Waals surface area (Å²) >= 11 is 0. The minimum absolute atomic E-state index is 0.390. The molecule has 0 bridgehead atoms. The number of aromatic nitrogens is 5. The number of benzene rings is 2. The second-order valence-corrected chi connectivity index (χ2v) is 7.22. The zero-order chi connectivity index (χ0) is 21.5. The number of hydrogen-bond acceptors (Lipinski definition) is 5. The predicted molar refractivity (Wildman–Crippen MR) is 117 cm³/mol. The fraction of sp³-hybridized carbons (Fsp3) is 0.130. The number of fused-ring (bicyclic) bond motifs is 2. The molecule has 0 aliphatic rings. The highest BCUT2D eigenvalue weighted by Crippen LogP contribution is 2.30. The number of hydrogen-bond donors (Lipinski definition) is 1. The Bertz CT molecular complexity index is 1350. The molecular weight excluding hydrogens is 394 g/mol. The smallest absolute Gasteiger partial charge is 0.341 e. The number of nitrogens with zero attached hydrogens (tertiary/aromatic N) is 5. The Morgan fingerprint density at radius 1 is 0.839 bits per heavy atom. The lowest BCUT2D eigenvalue weighted by atomic mass is 10.2. The third-order valence-corrected chi connectivity index (χ3v) is 5.19. The van der Waals surface area contributed by atoms with Crippen LogP contribution in [0.25, 0.3) is 45.1 Å². The SMILES string of the molecule is Cn1c(-c2cc(OCC(=O)O)cc(-c3nc4ccccc4n3C)n2)nc2ccccc21. The number of rotatable bonds is 5. The average molecular weight is 413 g/mol. The quantitative estimate of drug-likeness (QED) is 0.473. The molecule has 0 radical (unpaired) electrons. The van der Waals surface area contributed by atoms with E-state index in [9.17, 15) is 4.79 Å². The van der Waals surface area contributed by atoms with Gasteiger partial charge in [-0.2, -0.15) is 0 Å². The molecule has 3 aromatic heterocycles. The van der Waals surface area contributed by atoms with Crippen LogP contribution in [0.15, 0.2) is 60.7 Å². The van der Waals surface area contributed by atoms with Gasteiger partial charge in [0.1, 0.15) is 17.1 Å². The normalized spacial score (nSPS) is 11.3. The lowest BCUT2D eigenvalue weighted by Gasteiger charge is -2.10. The minimum Gasteiger partial charge on any atom is -0.482 e. The molecule has 0 fully saturated rings. The molecule has 0 amide bonds. The molecule has 0 aliphatic carbocycles. The largest absolute Gasteiger partial charge is 0.482 e. The molecule has 0 unspecified atom stereocenters. The molecule has 0 aliphatic heterocycles. The molecule has 5 aromatic rings. The molecular formula is C23H19N5O3. The summed E-state index contributed by atoms with van der Waals surface area (Å²) in [4.78, 5) is 25.3. The molecule has 0 saturated carbocycles. The van der Waals surface area contributed by atoms with Crippen LogP contribution in [0.5, 0.6) is 5.75 Å². The van der Waals surface area contributed by atoms with Crippen molar-refractivity contribution in [2.75, 3.05) is 6.61 Å². The van der Waals surface area contributed by atoms with E-state index in [-0.39, 0.29) is 0 Å². The first-order valence-electron chi connectivity index (χ1n) is 9.71. The summed E-state index contributed by atoms with van der Waals surface area (Å²) in [5.74, 6) is 0.649. The van der Waals surface area contributed by atoms with Crippen molar-refractivity contribution >= 4 is 28.0 Å². The van der Waals surface area contributed by atoms with E-state index in [0.717, 1.165) is 22.1 Å². The monoisotopic (exact) mass is 413 g/mol. The highest BCUT2D eigenvalue weighted by Gasteiger charge is 2.17. The van der Waals surface area contributed by atoms with Gasteiger partial charge >= 0.3 is 5.97 Å². The second kappa shape index (κ2) is 7.24. The van der Waals surface area contributed by atoms with E-state index >= 15 is 0 Å². The topological polar surface area (TPSA) is 95.1 Å². The zero-order valence-corrected chi connectivity index (χ0v) is 17.0. The number of carboxylic acid groups (broad SMARTS) is 1. The van der Waals surface area contributed by atoms with Crippen molar-refractivity contribution in [1.29, 1.82) is 0 Å². The molecule has 1 N–H and O–H groups in total. The van der Waals surface area contributed by atoms with E-state index < -0.39 is 12.6 Å². The Balaban J connectivity index is 1.71. The molecule has 31 heavy (non-hydrogen) atoms. The van der Waals surface area contributed by atoms with Gasteiger partial charge in [0.2, 0.25) is 0 Å². The van der Waals surface area contributed by atoms with E-state index in [1.165, 1.54) is 0 Å². The van der Waals surface area contributed by atoms with Crippen LogP contribution in [-0.2, 0) is 18.9 Å². The van der Waals surface area contributed by atoms with Gasteiger partial charge in [0.15, 0.2) is 18.3 Å². The minimum atomic E-state index is -1.05. The number of carbonyl (C=O) groups is 1. The summed E-state index contributed by atoms with van der Waals surface area (Å²) < 4.78 is 9.42. The van der Waals surface area contributed by atoms with E-state index in [1.54, 1.807) is 12.1 Å². The number of aliphatic carboxylic acids is 1. The van der Waals surface area contributed by atoms with Gasteiger partial charge in [-0.1, -0.05) is 24.3 Å². The third-order valence-electron chi connectivity index (χ3n) is 5.19. The summed E-state index contributed by atoms with van der Waals surface area (Å²) in [5, 5.41) is 9.05. The van der Waals surface area contributed by atoms with Crippen LogP contribution in [0.4, 0.5) is 0 Å². The number of para-hydroxylation sites is 4. The summed E-state index contributed by atoms with van der Waals surface area (Å²) in [7, 11) is 3.84. The van der Waals surface area contributed by atoms with E-state index in [2.05, 4.69) is 0 Å². The highest BCUT2D eigenvalue weighted by atomic mass is 16.5. The first kappa shape index (κ1) is 18.8. The maximum Gasteiger partial charge on any atom is 0.341 e. The first-order chi connectivity index (χ1) is 15.0. The third kappa shape index (κ3) is 3.28. The summed E-state index contributed by atoms with van der Waals surface area (Å²) in [5.41, 5.74) is 4.79. The second-order valence-electron chi connectivity index (χ2n) is 7.22. The van der Waals surface area contributed by atoms with Gasteiger partial charge in [-0.15, -0.1) is 0 Å². The van der Waals surface area contributed by atoms with Crippen molar-refractivity contribution in [2.45, 2.75) is 0 Å². The van der Waals surface area contributed by atoms with Crippen LogP contribution < -0.4 is 4.74 Å². The van der Waals surface area contributed by atoms with Crippen LogP contribution in [0.1, 0.15) is 0 Å². The molecule has 0 saturated heterocycles. The number of carboxylic acids is 1. The lowest BCUT2D eigenvalue weighted by molar-refractivity contribution is -0.139. The first-order valence-corrected chi connectivity index (χ1v) is 9.71. The van der Waals surface area contributed by atoms with Gasteiger partial charge in [0, 0.05) is 26.2 Å². The van der Waals surface area contributed by atoms with Gasteiger partial charge in [-0.05, 0) is 24.3 Å². The predicted octanol–water partition coefficient (Wildman–Crippen LogP) is 3.65. The Kier molecular flexibility index (Phi) is 4.39. The maximum atomic E-state index is 11.1. The van der Waals surface area contributed by atoms with Crippen LogP contribution in [0, 0.1) is 0 Å². The summed E-state index contributed by atoms with van der Waals surface area (Å²) in [6.07, 6.45) is 0. The molecule has 2 aromatic carbocycles. The van der Waals surface area contributed by atoms with Crippen molar-refractivity contribution in [1.82, 2.24) is 24.1 Å². The van der Waals surface area contributed by atoms with Gasteiger partial charge in [0.05, 0.1) is 22.1 Å². The lowest BCUT2D eigenvalue weighted by Crippen LogP contribution is -2.10. The van der Waals surface area contributed by atoms with E-state index in [4.69, 9.17) is 24.8 Å². The number of pyridine rings is 1. The van der Waals surface area contributed by atoms with Crippen molar-refractivity contribution in [2.24, 2.45) is 14.1 Å². The Morgan fingerprint density at radius 3 is 1.77 bits per heavy atom. The van der Waals surface area contributed by atoms with Crippen molar-refractivity contribution in [3.8, 4) is 28.8 Å². The highest BCUT2D eigenvalue weighted by molar-refractivity contribution is 5.82.